The number of rotatable bonds is 5. The van der Waals surface area contributed by atoms with Crippen molar-refractivity contribution in [3.8, 4) is 0 Å². The van der Waals surface area contributed by atoms with Crippen LogP contribution in [0.2, 0.25) is 0 Å². The summed E-state index contributed by atoms with van der Waals surface area (Å²) < 4.78 is 28.6. The molecule has 7 heteroatoms. The van der Waals surface area contributed by atoms with Gasteiger partial charge in [0.1, 0.15) is 4.21 Å². The number of nitrogens with one attached hydrogen (secondary N) is 1. The number of hydrogen-bond acceptors (Lipinski definition) is 4. The number of nitrogens with zero attached hydrogens (tertiary/aromatic N) is 2. The lowest BCUT2D eigenvalue weighted by molar-refractivity contribution is 0.583. The van der Waals surface area contributed by atoms with Crippen molar-refractivity contribution < 1.29 is 8.42 Å². The normalized spacial score (nSPS) is 11.9. The Morgan fingerprint density at radius 3 is 2.83 bits per heavy atom. The predicted molar refractivity (Wildman–Crippen MR) is 71.0 cm³/mol. The molecular weight excluding hydrogens is 270 g/mol. The molecule has 0 atom stereocenters. The summed E-state index contributed by atoms with van der Waals surface area (Å²) in [6.07, 6.45) is 1.70. The summed E-state index contributed by atoms with van der Waals surface area (Å²) in [6.45, 7) is 4.99. The molecule has 2 rings (SSSR count). The molecule has 2 aromatic rings. The Morgan fingerprint density at radius 1 is 1.50 bits per heavy atom. The van der Waals surface area contributed by atoms with Crippen LogP contribution in [0.25, 0.3) is 0 Å². The van der Waals surface area contributed by atoms with Crippen molar-refractivity contribution in [1.29, 1.82) is 0 Å². The van der Waals surface area contributed by atoms with Crippen molar-refractivity contribution in [2.45, 2.75) is 31.1 Å². The second kappa shape index (κ2) is 5.21. The second-order valence-electron chi connectivity index (χ2n) is 3.83. The Balaban J connectivity index is 2.10. The van der Waals surface area contributed by atoms with Crippen LogP contribution in [0.5, 0.6) is 0 Å². The summed E-state index contributed by atoms with van der Waals surface area (Å²) in [7, 11) is -3.40. The SMILES string of the molecule is CCn1ncc(CNS(=O)(=O)c2cccs2)c1C. The minimum atomic E-state index is -3.40. The predicted octanol–water partition coefficient (Wildman–Crippen LogP) is 1.75. The van der Waals surface area contributed by atoms with Gasteiger partial charge in [0.15, 0.2) is 0 Å². The molecule has 0 aromatic carbocycles. The van der Waals surface area contributed by atoms with Crippen molar-refractivity contribution in [2.24, 2.45) is 0 Å². The first-order chi connectivity index (χ1) is 8.54. The van der Waals surface area contributed by atoms with Gasteiger partial charge in [-0.3, -0.25) is 4.68 Å². The van der Waals surface area contributed by atoms with Gasteiger partial charge in [0, 0.05) is 24.3 Å². The second-order valence-corrected chi connectivity index (χ2v) is 6.77. The van der Waals surface area contributed by atoms with Crippen LogP contribution in [0.3, 0.4) is 0 Å². The van der Waals surface area contributed by atoms with Crippen LogP contribution in [-0.2, 0) is 23.1 Å². The Bertz CT molecular complexity index is 615. The molecule has 0 bridgehead atoms. The van der Waals surface area contributed by atoms with Crippen molar-refractivity contribution in [1.82, 2.24) is 14.5 Å². The molecule has 18 heavy (non-hydrogen) atoms. The van der Waals surface area contributed by atoms with Crippen molar-refractivity contribution >= 4 is 21.4 Å². The summed E-state index contributed by atoms with van der Waals surface area (Å²) in [4.78, 5) is 0. The molecule has 0 amide bonds. The van der Waals surface area contributed by atoms with E-state index in [-0.39, 0.29) is 6.54 Å². The van der Waals surface area contributed by atoms with E-state index in [0.717, 1.165) is 17.8 Å². The fourth-order valence-electron chi connectivity index (χ4n) is 1.64. The topological polar surface area (TPSA) is 64.0 Å². The molecule has 0 aliphatic rings. The number of hydrogen-bond donors (Lipinski definition) is 1. The van der Waals surface area contributed by atoms with Gasteiger partial charge in [-0.1, -0.05) is 6.07 Å². The van der Waals surface area contributed by atoms with E-state index in [0.29, 0.717) is 4.21 Å². The third kappa shape index (κ3) is 2.63. The first kappa shape index (κ1) is 13.3. The van der Waals surface area contributed by atoms with Crippen LogP contribution in [0, 0.1) is 6.92 Å². The van der Waals surface area contributed by atoms with Gasteiger partial charge in [0.05, 0.1) is 6.20 Å². The molecule has 0 saturated carbocycles. The van der Waals surface area contributed by atoms with E-state index in [4.69, 9.17) is 0 Å². The Hall–Kier alpha value is -1.18. The third-order valence-electron chi connectivity index (χ3n) is 2.72. The fraction of sp³-hybridized carbons (Fsp3) is 0.364. The maximum atomic E-state index is 11.9. The van der Waals surface area contributed by atoms with Crippen LogP contribution in [0.15, 0.2) is 27.9 Å². The van der Waals surface area contributed by atoms with Crippen LogP contribution in [0.1, 0.15) is 18.2 Å². The van der Waals surface area contributed by atoms with Crippen LogP contribution in [-0.4, -0.2) is 18.2 Å². The van der Waals surface area contributed by atoms with E-state index in [1.54, 1.807) is 23.7 Å². The molecule has 98 valence electrons. The monoisotopic (exact) mass is 285 g/mol. The first-order valence-corrected chi connectivity index (χ1v) is 7.95. The molecule has 2 aromatic heterocycles. The molecule has 0 saturated heterocycles. The summed E-state index contributed by atoms with van der Waals surface area (Å²) in [5.74, 6) is 0. The zero-order valence-electron chi connectivity index (χ0n) is 10.3. The van der Waals surface area contributed by atoms with Gasteiger partial charge in [0.2, 0.25) is 10.0 Å². The Morgan fingerprint density at radius 2 is 2.28 bits per heavy atom. The first-order valence-electron chi connectivity index (χ1n) is 5.59. The number of aryl methyl sites for hydroxylation is 1. The summed E-state index contributed by atoms with van der Waals surface area (Å²) in [6, 6.07) is 3.31. The van der Waals surface area contributed by atoms with Gasteiger partial charge < -0.3 is 0 Å². The van der Waals surface area contributed by atoms with E-state index in [2.05, 4.69) is 9.82 Å². The van der Waals surface area contributed by atoms with Crippen LogP contribution in [0.4, 0.5) is 0 Å². The molecule has 0 aliphatic heterocycles. The zero-order chi connectivity index (χ0) is 13.2. The standard InChI is InChI=1S/C11H15N3O2S2/c1-3-14-9(2)10(7-12-14)8-13-18(15,16)11-5-4-6-17-11/h4-7,13H,3,8H2,1-2H3. The Labute approximate surface area is 111 Å². The maximum absolute atomic E-state index is 11.9. The van der Waals surface area contributed by atoms with E-state index >= 15 is 0 Å². The van der Waals surface area contributed by atoms with Crippen LogP contribution < -0.4 is 4.72 Å². The van der Waals surface area contributed by atoms with Crippen molar-refractivity contribution in [3.63, 3.8) is 0 Å². The highest BCUT2D eigenvalue weighted by atomic mass is 32.2. The van der Waals surface area contributed by atoms with Gasteiger partial charge in [0.25, 0.3) is 0 Å². The third-order valence-corrected chi connectivity index (χ3v) is 5.52. The minimum absolute atomic E-state index is 0.270. The average molecular weight is 285 g/mol. The maximum Gasteiger partial charge on any atom is 0.250 e. The molecular formula is C11H15N3O2S2. The van der Waals surface area contributed by atoms with Gasteiger partial charge in [-0.25, -0.2) is 13.1 Å². The van der Waals surface area contributed by atoms with E-state index < -0.39 is 10.0 Å². The highest BCUT2D eigenvalue weighted by Crippen LogP contribution is 2.16. The fourth-order valence-corrected chi connectivity index (χ4v) is 3.68. The van der Waals surface area contributed by atoms with Crippen molar-refractivity contribution in [2.75, 3.05) is 0 Å². The lowest BCUT2D eigenvalue weighted by Crippen LogP contribution is -2.22. The van der Waals surface area contributed by atoms with Gasteiger partial charge in [-0.2, -0.15) is 5.10 Å². The van der Waals surface area contributed by atoms with E-state index in [1.807, 2.05) is 18.5 Å². The molecule has 5 nitrogen and oxygen atoms in total. The van der Waals surface area contributed by atoms with E-state index in [9.17, 15) is 8.42 Å². The Kier molecular flexibility index (Phi) is 3.84. The minimum Gasteiger partial charge on any atom is -0.270 e. The smallest absolute Gasteiger partial charge is 0.250 e. The lowest BCUT2D eigenvalue weighted by Gasteiger charge is -2.05. The molecule has 0 radical (unpaired) electrons. The molecule has 0 unspecified atom stereocenters. The molecule has 1 N–H and O–H groups in total. The number of thiophene rings is 1. The van der Waals surface area contributed by atoms with Gasteiger partial charge in [-0.15, -0.1) is 11.3 Å². The van der Waals surface area contributed by atoms with Gasteiger partial charge >= 0.3 is 0 Å². The molecule has 0 fully saturated rings. The number of sulfonamides is 1. The number of aromatic nitrogens is 2. The molecule has 0 aliphatic carbocycles. The largest absolute Gasteiger partial charge is 0.270 e. The summed E-state index contributed by atoms with van der Waals surface area (Å²) in [5, 5.41) is 5.93. The molecule has 2 heterocycles. The summed E-state index contributed by atoms with van der Waals surface area (Å²) in [5.41, 5.74) is 1.89. The van der Waals surface area contributed by atoms with Crippen LogP contribution >= 0.6 is 11.3 Å². The van der Waals surface area contributed by atoms with Crippen molar-refractivity contribution in [3.05, 3.63) is 35.0 Å². The molecule has 0 spiro atoms. The summed E-state index contributed by atoms with van der Waals surface area (Å²) >= 11 is 1.21. The highest BCUT2D eigenvalue weighted by Gasteiger charge is 2.15. The highest BCUT2D eigenvalue weighted by molar-refractivity contribution is 7.91. The average Bonchev–Trinajstić information content (AvgIpc) is 2.96. The van der Waals surface area contributed by atoms with E-state index in [1.165, 1.54) is 11.3 Å². The van der Waals surface area contributed by atoms with Gasteiger partial charge in [-0.05, 0) is 25.3 Å². The lowest BCUT2D eigenvalue weighted by atomic mass is 10.3. The zero-order valence-corrected chi connectivity index (χ0v) is 11.9. The quantitative estimate of drug-likeness (QED) is 0.910.